The molecule has 24 heavy (non-hydrogen) atoms. The molecule has 2 atom stereocenters. The zero-order valence-corrected chi connectivity index (χ0v) is 13.5. The van der Waals surface area contributed by atoms with Crippen molar-refractivity contribution in [1.82, 2.24) is 25.8 Å². The van der Waals surface area contributed by atoms with E-state index in [9.17, 15) is 4.79 Å². The highest BCUT2D eigenvalue weighted by Crippen LogP contribution is 2.29. The van der Waals surface area contributed by atoms with E-state index in [1.54, 1.807) is 26.3 Å². The Morgan fingerprint density at radius 2 is 2.33 bits per heavy atom. The second-order valence-electron chi connectivity index (χ2n) is 5.38. The second kappa shape index (κ2) is 7.26. The van der Waals surface area contributed by atoms with Crippen molar-refractivity contribution in [2.24, 2.45) is 0 Å². The Labute approximate surface area is 138 Å². The van der Waals surface area contributed by atoms with Crippen LogP contribution in [0.1, 0.15) is 29.8 Å². The predicted octanol–water partition coefficient (Wildman–Crippen LogP) is 1.11. The number of aromatic nitrogens is 3. The van der Waals surface area contributed by atoms with E-state index in [1.165, 1.54) is 0 Å². The molecular formula is C15H19N5O4. The molecule has 2 aromatic heterocycles. The number of carbonyl (C=O) groups is 1. The number of nitrogens with one attached hydrogen (secondary N) is 2. The van der Waals surface area contributed by atoms with Gasteiger partial charge in [-0.2, -0.15) is 4.98 Å². The summed E-state index contributed by atoms with van der Waals surface area (Å²) in [5.41, 5.74) is 0.895. The van der Waals surface area contributed by atoms with Gasteiger partial charge in [-0.25, -0.2) is 9.78 Å². The largest absolute Gasteiger partial charge is 0.481 e. The fourth-order valence-corrected chi connectivity index (χ4v) is 2.53. The van der Waals surface area contributed by atoms with Gasteiger partial charge in [-0.05, 0) is 19.4 Å². The minimum atomic E-state index is -0.312. The molecule has 2 N–H and O–H groups in total. The smallest absolute Gasteiger partial charge is 0.315 e. The van der Waals surface area contributed by atoms with E-state index in [2.05, 4.69) is 25.8 Å². The minimum absolute atomic E-state index is 0.135. The molecule has 0 radical (unpaired) electrons. The van der Waals surface area contributed by atoms with Crippen LogP contribution in [0.15, 0.2) is 22.9 Å². The molecule has 1 saturated heterocycles. The summed E-state index contributed by atoms with van der Waals surface area (Å²) in [7, 11) is 1.56. The van der Waals surface area contributed by atoms with Crippen molar-refractivity contribution in [3.8, 4) is 5.88 Å². The highest BCUT2D eigenvalue weighted by Gasteiger charge is 2.31. The van der Waals surface area contributed by atoms with Crippen LogP contribution in [0.2, 0.25) is 0 Å². The van der Waals surface area contributed by atoms with Gasteiger partial charge in [0.05, 0.1) is 19.7 Å². The summed E-state index contributed by atoms with van der Waals surface area (Å²) < 4.78 is 15.7. The molecule has 0 unspecified atom stereocenters. The fourth-order valence-electron chi connectivity index (χ4n) is 2.53. The first-order valence-electron chi connectivity index (χ1n) is 7.61. The molecule has 2 amide bonds. The van der Waals surface area contributed by atoms with Gasteiger partial charge in [-0.1, -0.05) is 5.16 Å². The summed E-state index contributed by atoms with van der Waals surface area (Å²) >= 11 is 0. The standard InChI is InChI=1S/C15H19N5O4/c1-9-18-13(24-20-9)8-17-15(21)19-11-5-6-23-14(11)10-3-4-12(22-2)16-7-10/h3-4,7,11,14H,5-6,8H2,1-2H3,(H2,17,19,21)/t11-,14+/m0/s1. The maximum Gasteiger partial charge on any atom is 0.315 e. The zero-order valence-electron chi connectivity index (χ0n) is 13.5. The normalized spacial score (nSPS) is 19.9. The molecule has 1 aliphatic heterocycles. The summed E-state index contributed by atoms with van der Waals surface area (Å²) in [5.74, 6) is 1.43. The SMILES string of the molecule is COc1ccc([C@H]2OCC[C@@H]2NC(=O)NCc2nc(C)no2)cn1. The fraction of sp³-hybridized carbons (Fsp3) is 0.467. The number of ether oxygens (including phenoxy) is 2. The van der Waals surface area contributed by atoms with Crippen LogP contribution < -0.4 is 15.4 Å². The molecule has 0 spiro atoms. The number of nitrogens with zero attached hydrogens (tertiary/aromatic N) is 3. The number of aryl methyl sites for hydroxylation is 1. The molecular weight excluding hydrogens is 314 g/mol. The maximum absolute atomic E-state index is 12.1. The summed E-state index contributed by atoms with van der Waals surface area (Å²) in [4.78, 5) is 20.3. The van der Waals surface area contributed by atoms with Crippen LogP contribution in [0.5, 0.6) is 5.88 Å². The molecule has 0 aromatic carbocycles. The van der Waals surface area contributed by atoms with Crippen molar-refractivity contribution in [2.45, 2.75) is 32.0 Å². The Balaban J connectivity index is 1.55. The van der Waals surface area contributed by atoms with E-state index in [0.717, 1.165) is 12.0 Å². The van der Waals surface area contributed by atoms with E-state index < -0.39 is 0 Å². The third-order valence-corrected chi connectivity index (χ3v) is 3.67. The third kappa shape index (κ3) is 3.80. The first kappa shape index (κ1) is 16.2. The molecule has 9 nitrogen and oxygen atoms in total. The third-order valence-electron chi connectivity index (χ3n) is 3.67. The van der Waals surface area contributed by atoms with Gasteiger partial charge in [0, 0.05) is 24.4 Å². The number of carbonyl (C=O) groups excluding carboxylic acids is 1. The Morgan fingerprint density at radius 3 is 3.00 bits per heavy atom. The minimum Gasteiger partial charge on any atom is -0.481 e. The lowest BCUT2D eigenvalue weighted by molar-refractivity contribution is 0.0995. The number of methoxy groups -OCH3 is 1. The lowest BCUT2D eigenvalue weighted by atomic mass is 10.0. The van der Waals surface area contributed by atoms with Gasteiger partial charge in [-0.3, -0.25) is 0 Å². The van der Waals surface area contributed by atoms with E-state index in [-0.39, 0.29) is 24.7 Å². The van der Waals surface area contributed by atoms with Gasteiger partial charge in [0.2, 0.25) is 11.8 Å². The van der Waals surface area contributed by atoms with Crippen molar-refractivity contribution in [1.29, 1.82) is 0 Å². The molecule has 128 valence electrons. The molecule has 3 heterocycles. The van der Waals surface area contributed by atoms with Gasteiger partial charge in [0.15, 0.2) is 5.82 Å². The predicted molar refractivity (Wildman–Crippen MR) is 82.3 cm³/mol. The Morgan fingerprint density at radius 1 is 1.46 bits per heavy atom. The number of hydrogen-bond acceptors (Lipinski definition) is 7. The molecule has 1 fully saturated rings. The average molecular weight is 333 g/mol. The monoisotopic (exact) mass is 333 g/mol. The van der Waals surface area contributed by atoms with Gasteiger partial charge >= 0.3 is 6.03 Å². The van der Waals surface area contributed by atoms with E-state index >= 15 is 0 Å². The Kier molecular flexibility index (Phi) is 4.90. The van der Waals surface area contributed by atoms with Crippen LogP contribution in [0.25, 0.3) is 0 Å². The average Bonchev–Trinajstić information content (AvgIpc) is 3.22. The number of urea groups is 1. The highest BCUT2D eigenvalue weighted by molar-refractivity contribution is 5.74. The van der Waals surface area contributed by atoms with Crippen molar-refractivity contribution < 1.29 is 18.8 Å². The molecule has 9 heteroatoms. The summed E-state index contributed by atoms with van der Waals surface area (Å²) in [6.07, 6.45) is 2.19. The second-order valence-corrected chi connectivity index (χ2v) is 5.38. The van der Waals surface area contributed by atoms with Crippen LogP contribution in [0, 0.1) is 6.92 Å². The maximum atomic E-state index is 12.1. The van der Waals surface area contributed by atoms with Crippen molar-refractivity contribution >= 4 is 6.03 Å². The van der Waals surface area contributed by atoms with Crippen LogP contribution in [-0.4, -0.2) is 40.9 Å². The molecule has 0 aliphatic carbocycles. The lowest BCUT2D eigenvalue weighted by Gasteiger charge is -2.20. The molecule has 2 aromatic rings. The zero-order chi connectivity index (χ0) is 16.9. The topological polar surface area (TPSA) is 111 Å². The lowest BCUT2D eigenvalue weighted by Crippen LogP contribution is -2.43. The molecule has 1 aliphatic rings. The molecule has 3 rings (SSSR count). The summed E-state index contributed by atoms with van der Waals surface area (Å²) in [6, 6.07) is 3.21. The first-order valence-corrected chi connectivity index (χ1v) is 7.61. The van der Waals surface area contributed by atoms with Gasteiger partial charge in [-0.15, -0.1) is 0 Å². The first-order chi connectivity index (χ1) is 11.7. The Hall–Kier alpha value is -2.68. The molecule has 0 saturated carbocycles. The van der Waals surface area contributed by atoms with Crippen LogP contribution in [0.3, 0.4) is 0 Å². The van der Waals surface area contributed by atoms with Gasteiger partial charge < -0.3 is 24.6 Å². The summed E-state index contributed by atoms with van der Waals surface area (Å²) in [6.45, 7) is 2.47. The Bertz CT molecular complexity index is 687. The van der Waals surface area contributed by atoms with Gasteiger partial charge in [0.1, 0.15) is 6.10 Å². The van der Waals surface area contributed by atoms with Gasteiger partial charge in [0.25, 0.3) is 0 Å². The van der Waals surface area contributed by atoms with Crippen LogP contribution in [-0.2, 0) is 11.3 Å². The van der Waals surface area contributed by atoms with E-state index in [0.29, 0.717) is 24.2 Å². The van der Waals surface area contributed by atoms with Crippen molar-refractivity contribution in [2.75, 3.05) is 13.7 Å². The number of hydrogen-bond donors (Lipinski definition) is 2. The van der Waals surface area contributed by atoms with Crippen LogP contribution in [0.4, 0.5) is 4.79 Å². The number of amides is 2. The number of pyridine rings is 1. The van der Waals surface area contributed by atoms with Crippen molar-refractivity contribution in [3.05, 3.63) is 35.6 Å². The number of rotatable bonds is 5. The quantitative estimate of drug-likeness (QED) is 0.843. The summed E-state index contributed by atoms with van der Waals surface area (Å²) in [5, 5.41) is 9.27. The molecule has 0 bridgehead atoms. The van der Waals surface area contributed by atoms with E-state index in [1.807, 2.05) is 6.07 Å². The van der Waals surface area contributed by atoms with E-state index in [4.69, 9.17) is 14.0 Å². The highest BCUT2D eigenvalue weighted by atomic mass is 16.5. The van der Waals surface area contributed by atoms with Crippen LogP contribution >= 0.6 is 0 Å². The van der Waals surface area contributed by atoms with Crippen molar-refractivity contribution in [3.63, 3.8) is 0 Å².